The summed E-state index contributed by atoms with van der Waals surface area (Å²) in [6.07, 6.45) is 0. The van der Waals surface area contributed by atoms with E-state index < -0.39 is 0 Å². The molecule has 22 heavy (non-hydrogen) atoms. The summed E-state index contributed by atoms with van der Waals surface area (Å²) in [4.78, 5) is 25.7. The highest BCUT2D eigenvalue weighted by Crippen LogP contribution is 2.33. The van der Waals surface area contributed by atoms with Gasteiger partial charge in [0.15, 0.2) is 5.78 Å². The minimum atomic E-state index is -0.291. The average Bonchev–Trinajstić information content (AvgIpc) is 2.38. The molecule has 0 fully saturated rings. The molecule has 1 aromatic rings. The number of methoxy groups -OCH3 is 1. The zero-order valence-electron chi connectivity index (χ0n) is 13.9. The monoisotopic (exact) mass is 308 g/mol. The van der Waals surface area contributed by atoms with Crippen LogP contribution in [0.25, 0.3) is 0 Å². The molecule has 0 spiro atoms. The Morgan fingerprint density at radius 2 is 1.73 bits per heavy atom. The fourth-order valence-corrected chi connectivity index (χ4v) is 2.36. The van der Waals surface area contributed by atoms with Crippen LogP contribution in [0.15, 0.2) is 12.1 Å². The number of benzene rings is 1. The second-order valence-electron chi connectivity index (χ2n) is 5.65. The lowest BCUT2D eigenvalue weighted by Gasteiger charge is -2.31. The molecular formula is C16H24N2O4. The number of phenolic OH excluding ortho intramolecular Hbond substituents is 1. The number of rotatable bonds is 5. The van der Waals surface area contributed by atoms with Crippen molar-refractivity contribution in [1.82, 2.24) is 4.90 Å². The van der Waals surface area contributed by atoms with E-state index in [0.717, 1.165) is 0 Å². The van der Waals surface area contributed by atoms with E-state index in [0.29, 0.717) is 11.4 Å². The van der Waals surface area contributed by atoms with Gasteiger partial charge in [0, 0.05) is 18.2 Å². The van der Waals surface area contributed by atoms with E-state index in [9.17, 15) is 14.7 Å². The van der Waals surface area contributed by atoms with Crippen LogP contribution in [0.2, 0.25) is 0 Å². The highest BCUT2D eigenvalue weighted by atomic mass is 16.5. The minimum absolute atomic E-state index is 0.0235. The first-order valence-electron chi connectivity index (χ1n) is 7.20. The number of urea groups is 1. The van der Waals surface area contributed by atoms with Crippen molar-refractivity contribution >= 4 is 17.5 Å². The smallest absolute Gasteiger partial charge is 0.322 e. The summed E-state index contributed by atoms with van der Waals surface area (Å²) in [5, 5.41) is 12.6. The molecule has 0 unspecified atom stereocenters. The molecule has 122 valence electrons. The maximum Gasteiger partial charge on any atom is 0.322 e. The molecular weight excluding hydrogens is 284 g/mol. The van der Waals surface area contributed by atoms with Crippen LogP contribution in [0.1, 0.15) is 45.0 Å². The summed E-state index contributed by atoms with van der Waals surface area (Å²) in [7, 11) is 1.43. The topological polar surface area (TPSA) is 78.9 Å². The van der Waals surface area contributed by atoms with Gasteiger partial charge in [-0.25, -0.2) is 4.79 Å². The number of carbonyl (C=O) groups excluding carboxylic acids is 2. The normalized spacial score (nSPS) is 10.7. The predicted molar refractivity (Wildman–Crippen MR) is 85.8 cm³/mol. The van der Waals surface area contributed by atoms with Crippen LogP contribution in [-0.2, 0) is 0 Å². The molecule has 1 aromatic carbocycles. The predicted octanol–water partition coefficient (Wildman–Crippen LogP) is 3.25. The Hall–Kier alpha value is -2.24. The van der Waals surface area contributed by atoms with Crippen LogP contribution in [0.3, 0.4) is 0 Å². The molecule has 0 atom stereocenters. The van der Waals surface area contributed by atoms with Crippen LogP contribution in [0.4, 0.5) is 10.5 Å². The first kappa shape index (κ1) is 17.8. The van der Waals surface area contributed by atoms with Crippen LogP contribution in [0.5, 0.6) is 11.5 Å². The van der Waals surface area contributed by atoms with Gasteiger partial charge in [-0.2, -0.15) is 0 Å². The number of anilines is 1. The van der Waals surface area contributed by atoms with Gasteiger partial charge in [0.1, 0.15) is 11.5 Å². The van der Waals surface area contributed by atoms with Gasteiger partial charge in [-0.3, -0.25) is 4.79 Å². The van der Waals surface area contributed by atoms with Gasteiger partial charge >= 0.3 is 6.03 Å². The lowest BCUT2D eigenvalue weighted by atomic mass is 10.1. The molecule has 0 aliphatic heterocycles. The molecule has 6 heteroatoms. The fraction of sp³-hybridized carbons (Fsp3) is 0.500. The van der Waals surface area contributed by atoms with Gasteiger partial charge in [0.05, 0.1) is 18.4 Å². The van der Waals surface area contributed by atoms with Crippen LogP contribution in [0, 0.1) is 0 Å². The van der Waals surface area contributed by atoms with E-state index in [2.05, 4.69) is 5.32 Å². The first-order chi connectivity index (χ1) is 10.2. The second-order valence-corrected chi connectivity index (χ2v) is 5.65. The Kier molecular flexibility index (Phi) is 5.79. The van der Waals surface area contributed by atoms with Crippen LogP contribution >= 0.6 is 0 Å². The summed E-state index contributed by atoms with van der Waals surface area (Å²) < 4.78 is 5.16. The minimum Gasteiger partial charge on any atom is -0.507 e. The lowest BCUT2D eigenvalue weighted by molar-refractivity contribution is 0.101. The Bertz CT molecular complexity index is 560. The van der Waals surface area contributed by atoms with Gasteiger partial charge in [0.25, 0.3) is 0 Å². The molecule has 0 aliphatic carbocycles. The molecule has 0 aromatic heterocycles. The largest absolute Gasteiger partial charge is 0.507 e. The number of amides is 2. The van der Waals surface area contributed by atoms with Crippen molar-refractivity contribution in [2.75, 3.05) is 12.4 Å². The molecule has 0 radical (unpaired) electrons. The molecule has 2 N–H and O–H groups in total. The maximum atomic E-state index is 12.4. The highest BCUT2D eigenvalue weighted by molar-refractivity contribution is 6.00. The first-order valence-corrected chi connectivity index (χ1v) is 7.20. The highest BCUT2D eigenvalue weighted by Gasteiger charge is 2.22. The third kappa shape index (κ3) is 3.90. The van der Waals surface area contributed by atoms with Crippen molar-refractivity contribution in [2.45, 2.75) is 46.7 Å². The standard InChI is InChI=1S/C16H24N2O4/c1-9(2)18(10(3)4)16(21)17-13-7-12(11(5)19)14(20)8-15(13)22-6/h7-10,20H,1-6H3,(H,17,21). The number of hydrogen-bond acceptors (Lipinski definition) is 4. The van der Waals surface area contributed by atoms with Crippen LogP contribution < -0.4 is 10.1 Å². The summed E-state index contributed by atoms with van der Waals surface area (Å²) >= 11 is 0. The van der Waals surface area contributed by atoms with E-state index in [4.69, 9.17) is 4.74 Å². The summed E-state index contributed by atoms with van der Waals surface area (Å²) in [5.41, 5.74) is 0.485. The summed E-state index contributed by atoms with van der Waals surface area (Å²) in [5.74, 6) is -0.171. The molecule has 0 heterocycles. The van der Waals surface area contributed by atoms with Gasteiger partial charge in [-0.15, -0.1) is 0 Å². The van der Waals surface area contributed by atoms with Crippen LogP contribution in [-0.4, -0.2) is 41.0 Å². The Morgan fingerprint density at radius 3 is 2.14 bits per heavy atom. The molecule has 0 saturated heterocycles. The van der Waals surface area contributed by atoms with Crippen molar-refractivity contribution in [2.24, 2.45) is 0 Å². The van der Waals surface area contributed by atoms with Crippen molar-refractivity contribution in [1.29, 1.82) is 0 Å². The zero-order valence-corrected chi connectivity index (χ0v) is 13.9. The Labute approximate surface area is 131 Å². The van der Waals surface area contributed by atoms with E-state index in [1.165, 1.54) is 26.2 Å². The third-order valence-corrected chi connectivity index (χ3v) is 3.29. The Balaban J connectivity index is 3.18. The number of Topliss-reactive ketones (excluding diaryl/α,β-unsaturated/α-hetero) is 1. The molecule has 0 bridgehead atoms. The van der Waals surface area contributed by atoms with E-state index in [1.54, 1.807) is 4.90 Å². The fourth-order valence-electron chi connectivity index (χ4n) is 2.36. The summed E-state index contributed by atoms with van der Waals surface area (Å²) in [6, 6.07) is 2.50. The molecule has 0 aliphatic rings. The third-order valence-electron chi connectivity index (χ3n) is 3.29. The van der Waals surface area contributed by atoms with E-state index >= 15 is 0 Å². The van der Waals surface area contributed by atoms with E-state index in [-0.39, 0.29) is 35.2 Å². The van der Waals surface area contributed by atoms with Gasteiger partial charge < -0.3 is 20.1 Å². The molecule has 0 saturated carbocycles. The van der Waals surface area contributed by atoms with Crippen molar-refractivity contribution in [3.8, 4) is 11.5 Å². The number of carbonyl (C=O) groups is 2. The number of phenols is 1. The number of ketones is 1. The summed E-state index contributed by atoms with van der Waals surface area (Å²) in [6.45, 7) is 9.05. The number of nitrogens with one attached hydrogen (secondary N) is 1. The molecule has 1 rings (SSSR count). The SMILES string of the molecule is COc1cc(O)c(C(C)=O)cc1NC(=O)N(C(C)C)C(C)C. The molecule has 2 amide bonds. The molecule has 6 nitrogen and oxygen atoms in total. The number of ether oxygens (including phenoxy) is 1. The van der Waals surface area contributed by atoms with Gasteiger partial charge in [-0.1, -0.05) is 0 Å². The van der Waals surface area contributed by atoms with Gasteiger partial charge in [0.2, 0.25) is 0 Å². The average molecular weight is 308 g/mol. The number of nitrogens with zero attached hydrogens (tertiary/aromatic N) is 1. The van der Waals surface area contributed by atoms with Crippen molar-refractivity contribution < 1.29 is 19.4 Å². The maximum absolute atomic E-state index is 12.4. The number of hydrogen-bond donors (Lipinski definition) is 2. The van der Waals surface area contributed by atoms with Crippen molar-refractivity contribution in [3.63, 3.8) is 0 Å². The lowest BCUT2D eigenvalue weighted by Crippen LogP contribution is -2.44. The Morgan fingerprint density at radius 1 is 1.18 bits per heavy atom. The van der Waals surface area contributed by atoms with E-state index in [1.807, 2.05) is 27.7 Å². The van der Waals surface area contributed by atoms with Crippen molar-refractivity contribution in [3.05, 3.63) is 17.7 Å². The van der Waals surface area contributed by atoms with Gasteiger partial charge in [-0.05, 0) is 40.7 Å². The second kappa shape index (κ2) is 7.15. The number of aromatic hydroxyl groups is 1. The zero-order chi connectivity index (χ0) is 17.0. The quantitative estimate of drug-likeness (QED) is 0.646.